The molecule has 1 fully saturated rings. The third-order valence-electron chi connectivity index (χ3n) is 4.75. The van der Waals surface area contributed by atoms with Gasteiger partial charge < -0.3 is 15.0 Å². The fraction of sp³-hybridized carbons (Fsp3) is 0.632. The van der Waals surface area contributed by atoms with Gasteiger partial charge in [0.15, 0.2) is 0 Å². The van der Waals surface area contributed by atoms with Crippen molar-refractivity contribution in [2.75, 3.05) is 20.1 Å². The van der Waals surface area contributed by atoms with Gasteiger partial charge in [0.25, 0.3) is 0 Å². The zero-order valence-electron chi connectivity index (χ0n) is 14.4. The van der Waals surface area contributed by atoms with Crippen molar-refractivity contribution in [3.05, 3.63) is 33.8 Å². The molecular weight excluding hydrogens is 352 g/mol. The van der Waals surface area contributed by atoms with Crippen molar-refractivity contribution in [2.24, 2.45) is 0 Å². The van der Waals surface area contributed by atoms with Crippen molar-refractivity contribution in [1.29, 1.82) is 0 Å². The molecule has 1 aliphatic carbocycles. The number of hydrogen-bond acceptors (Lipinski definition) is 3. The van der Waals surface area contributed by atoms with E-state index in [0.717, 1.165) is 12.3 Å². The van der Waals surface area contributed by atoms with Gasteiger partial charge in [0, 0.05) is 23.0 Å². The zero-order chi connectivity index (χ0) is 16.7. The van der Waals surface area contributed by atoms with Crippen LogP contribution in [0.15, 0.2) is 22.7 Å². The van der Waals surface area contributed by atoms with Crippen LogP contribution in [0.3, 0.4) is 0 Å². The van der Waals surface area contributed by atoms with Gasteiger partial charge in [0.1, 0.15) is 6.29 Å². The molecule has 128 valence electrons. The predicted octanol–water partition coefficient (Wildman–Crippen LogP) is 3.59. The summed E-state index contributed by atoms with van der Waals surface area (Å²) in [5, 5.41) is 3.90. The van der Waals surface area contributed by atoms with E-state index in [1.807, 2.05) is 6.92 Å². The van der Waals surface area contributed by atoms with Crippen LogP contribution in [0.1, 0.15) is 43.7 Å². The lowest BCUT2D eigenvalue weighted by Gasteiger charge is -2.34. The molecule has 3 nitrogen and oxygen atoms in total. The van der Waals surface area contributed by atoms with Gasteiger partial charge >= 0.3 is 0 Å². The van der Waals surface area contributed by atoms with Crippen molar-refractivity contribution < 1.29 is 4.79 Å². The van der Waals surface area contributed by atoms with Crippen LogP contribution in [0.5, 0.6) is 0 Å². The average Bonchev–Trinajstić information content (AvgIpc) is 2.57. The first-order valence-corrected chi connectivity index (χ1v) is 9.57. The van der Waals surface area contributed by atoms with Crippen LogP contribution in [0.4, 0.5) is 0 Å². The number of benzene rings is 1. The molecule has 1 aromatic carbocycles. The Kier molecular flexibility index (Phi) is 7.74. The van der Waals surface area contributed by atoms with Gasteiger partial charge in [-0.05, 0) is 75.5 Å². The van der Waals surface area contributed by atoms with Crippen molar-refractivity contribution >= 4 is 22.2 Å². The molecule has 0 bridgehead atoms. The molecule has 4 heteroatoms. The van der Waals surface area contributed by atoms with Crippen LogP contribution in [0, 0.1) is 0 Å². The second-order valence-corrected chi connectivity index (χ2v) is 7.59. The first-order valence-electron chi connectivity index (χ1n) is 8.78. The maximum absolute atomic E-state index is 9.17. The number of hydrogen-bond donors (Lipinski definition) is 1. The fourth-order valence-corrected chi connectivity index (χ4v) is 3.79. The highest BCUT2D eigenvalue weighted by molar-refractivity contribution is 9.10. The lowest BCUT2D eigenvalue weighted by atomic mass is 9.87. The van der Waals surface area contributed by atoms with Gasteiger partial charge in [-0.2, -0.15) is 0 Å². The summed E-state index contributed by atoms with van der Waals surface area (Å²) in [6, 6.07) is 8.16. The fourth-order valence-electron chi connectivity index (χ4n) is 3.38. The second kappa shape index (κ2) is 9.55. The molecule has 0 radical (unpaired) electrons. The SMILES string of the molecule is CCC=O.CN1CCC(NC2CCc3ccc(Br)cc3C2)CC1. The highest BCUT2D eigenvalue weighted by Crippen LogP contribution is 2.25. The number of likely N-dealkylation sites (tertiary alicyclic amines) is 1. The number of aryl methyl sites for hydroxylation is 1. The Morgan fingerprint density at radius 1 is 1.22 bits per heavy atom. The van der Waals surface area contributed by atoms with E-state index < -0.39 is 0 Å². The van der Waals surface area contributed by atoms with E-state index in [2.05, 4.69) is 51.4 Å². The van der Waals surface area contributed by atoms with Crippen LogP contribution in [0.2, 0.25) is 0 Å². The Morgan fingerprint density at radius 2 is 1.91 bits per heavy atom. The Balaban J connectivity index is 0.000000433. The van der Waals surface area contributed by atoms with Gasteiger partial charge in [-0.3, -0.25) is 0 Å². The van der Waals surface area contributed by atoms with Crippen molar-refractivity contribution in [2.45, 2.75) is 57.5 Å². The standard InChI is InChI=1S/C16H23BrN2.C3H6O/c1-19-8-6-15(7-9-19)18-16-5-3-12-2-4-14(17)10-13(12)11-16;1-2-3-4/h2,4,10,15-16,18H,3,5-9,11H2,1H3;3H,2H2,1H3. The molecular formula is C19H29BrN2O. The molecule has 2 aliphatic rings. The molecule has 1 saturated heterocycles. The topological polar surface area (TPSA) is 32.3 Å². The zero-order valence-corrected chi connectivity index (χ0v) is 15.9. The van der Waals surface area contributed by atoms with Crippen LogP contribution in [0.25, 0.3) is 0 Å². The summed E-state index contributed by atoms with van der Waals surface area (Å²) in [4.78, 5) is 11.6. The number of fused-ring (bicyclic) bond motifs is 1. The number of nitrogens with one attached hydrogen (secondary N) is 1. The van der Waals surface area contributed by atoms with E-state index >= 15 is 0 Å². The second-order valence-electron chi connectivity index (χ2n) is 6.67. The first kappa shape index (κ1) is 18.6. The maximum atomic E-state index is 9.17. The Labute approximate surface area is 149 Å². The third-order valence-corrected chi connectivity index (χ3v) is 5.25. The van der Waals surface area contributed by atoms with E-state index in [-0.39, 0.29) is 0 Å². The molecule has 1 atom stereocenters. The van der Waals surface area contributed by atoms with Gasteiger partial charge in [0.05, 0.1) is 0 Å². The lowest BCUT2D eigenvalue weighted by Crippen LogP contribution is -2.46. The summed E-state index contributed by atoms with van der Waals surface area (Å²) < 4.78 is 1.21. The first-order chi connectivity index (χ1) is 11.1. The molecule has 23 heavy (non-hydrogen) atoms. The van der Waals surface area contributed by atoms with Crippen molar-refractivity contribution in [3.8, 4) is 0 Å². The number of aldehydes is 1. The minimum atomic E-state index is 0.639. The van der Waals surface area contributed by atoms with Crippen LogP contribution in [-0.4, -0.2) is 43.4 Å². The van der Waals surface area contributed by atoms with Gasteiger partial charge in [-0.1, -0.05) is 28.9 Å². The molecule has 0 aromatic heterocycles. The van der Waals surface area contributed by atoms with E-state index in [4.69, 9.17) is 0 Å². The normalized spacial score (nSPS) is 22.0. The molecule has 0 spiro atoms. The minimum absolute atomic E-state index is 0.639. The molecule has 1 N–H and O–H groups in total. The smallest absolute Gasteiger partial charge is 0.119 e. The predicted molar refractivity (Wildman–Crippen MR) is 100.0 cm³/mol. The summed E-state index contributed by atoms with van der Waals surface area (Å²) in [5.41, 5.74) is 3.08. The lowest BCUT2D eigenvalue weighted by molar-refractivity contribution is -0.107. The summed E-state index contributed by atoms with van der Waals surface area (Å²) >= 11 is 3.59. The van der Waals surface area contributed by atoms with E-state index in [0.29, 0.717) is 12.5 Å². The quantitative estimate of drug-likeness (QED) is 0.813. The summed E-state index contributed by atoms with van der Waals surface area (Å²) in [5.74, 6) is 0. The average molecular weight is 381 g/mol. The van der Waals surface area contributed by atoms with Gasteiger partial charge in [0.2, 0.25) is 0 Å². The van der Waals surface area contributed by atoms with E-state index in [9.17, 15) is 4.79 Å². The van der Waals surface area contributed by atoms with Crippen LogP contribution < -0.4 is 5.32 Å². The molecule has 3 rings (SSSR count). The minimum Gasteiger partial charge on any atom is -0.311 e. The highest BCUT2D eigenvalue weighted by atomic mass is 79.9. The number of piperidine rings is 1. The molecule has 1 aliphatic heterocycles. The largest absolute Gasteiger partial charge is 0.311 e. The maximum Gasteiger partial charge on any atom is 0.119 e. The third kappa shape index (κ3) is 6.02. The van der Waals surface area contributed by atoms with Crippen LogP contribution in [-0.2, 0) is 17.6 Å². The Morgan fingerprint density at radius 3 is 2.57 bits per heavy atom. The molecule has 0 saturated carbocycles. The van der Waals surface area contributed by atoms with E-state index in [1.165, 1.54) is 55.2 Å². The summed E-state index contributed by atoms with van der Waals surface area (Å²) in [6.45, 7) is 4.30. The number of rotatable bonds is 3. The molecule has 1 heterocycles. The number of halogens is 1. The van der Waals surface area contributed by atoms with Crippen molar-refractivity contribution in [3.63, 3.8) is 0 Å². The highest BCUT2D eigenvalue weighted by Gasteiger charge is 2.23. The van der Waals surface area contributed by atoms with Gasteiger partial charge in [-0.25, -0.2) is 0 Å². The number of carbonyl (C=O) groups excluding carboxylic acids is 1. The summed E-state index contributed by atoms with van der Waals surface area (Å²) in [7, 11) is 2.23. The van der Waals surface area contributed by atoms with E-state index in [1.54, 1.807) is 5.56 Å². The molecule has 1 aromatic rings. The Hall–Kier alpha value is -0.710. The van der Waals surface area contributed by atoms with Crippen molar-refractivity contribution in [1.82, 2.24) is 10.2 Å². The van der Waals surface area contributed by atoms with Gasteiger partial charge in [-0.15, -0.1) is 0 Å². The summed E-state index contributed by atoms with van der Waals surface area (Å²) in [6.07, 6.45) is 7.84. The molecule has 1 unspecified atom stereocenters. The number of carbonyl (C=O) groups is 1. The van der Waals surface area contributed by atoms with Crippen LogP contribution >= 0.6 is 15.9 Å². The molecule has 0 amide bonds. The number of nitrogens with zero attached hydrogens (tertiary/aromatic N) is 1. The monoisotopic (exact) mass is 380 g/mol. The Bertz CT molecular complexity index is 498.